The van der Waals surface area contributed by atoms with Crippen molar-refractivity contribution in [3.05, 3.63) is 55.1 Å². The van der Waals surface area contributed by atoms with E-state index in [0.29, 0.717) is 29.2 Å². The minimum Gasteiger partial charge on any atom is -0.468 e. The SMILES string of the molecule is COC(=O)[C@H](NP(=O)(OC[C@H]1C=C[C@@H](n2cnc3c(N)ncnc32)C1)Oc1ccccc1)C(C)C. The first-order valence-electron chi connectivity index (χ1n) is 11.3. The number of ether oxygens (including phenoxy) is 1. The van der Waals surface area contributed by atoms with Crippen molar-refractivity contribution < 1.29 is 23.1 Å². The van der Waals surface area contributed by atoms with Gasteiger partial charge in [0.2, 0.25) is 0 Å². The first-order chi connectivity index (χ1) is 16.8. The molecular weight excluding hydrogens is 471 g/mol. The number of aromatic nitrogens is 4. The van der Waals surface area contributed by atoms with E-state index in [1.54, 1.807) is 30.6 Å². The van der Waals surface area contributed by atoms with Gasteiger partial charge in [-0.2, -0.15) is 5.09 Å². The Balaban J connectivity index is 1.47. The zero-order valence-corrected chi connectivity index (χ0v) is 20.7. The normalized spacial score (nSPS) is 20.1. The van der Waals surface area contributed by atoms with Crippen LogP contribution in [0.5, 0.6) is 5.75 Å². The molecule has 0 radical (unpaired) electrons. The largest absolute Gasteiger partial charge is 0.468 e. The highest BCUT2D eigenvalue weighted by atomic mass is 31.2. The molecule has 4 atom stereocenters. The minimum absolute atomic E-state index is 0.0243. The number of imidazole rings is 1. The van der Waals surface area contributed by atoms with Crippen molar-refractivity contribution in [2.45, 2.75) is 32.4 Å². The van der Waals surface area contributed by atoms with E-state index < -0.39 is 19.8 Å². The standard InChI is InChI=1S/C23H29N6O5P/c1-15(2)19(23(30)32-3)28-35(31,34-18-7-5-4-6-8-18)33-12-16-9-10-17(11-16)29-14-27-20-21(24)25-13-26-22(20)29/h4-10,13-17,19H,11-12H2,1-3H3,(H,28,31)(H2,24,25,26)/t16-,17+,19+,35?/m0/s1. The van der Waals surface area contributed by atoms with Crippen LogP contribution in [-0.2, 0) is 18.6 Å². The van der Waals surface area contributed by atoms with Gasteiger partial charge in [0.05, 0.1) is 26.1 Å². The maximum absolute atomic E-state index is 13.8. The van der Waals surface area contributed by atoms with Crippen LogP contribution in [0, 0.1) is 11.8 Å². The number of carbonyl (C=O) groups excluding carboxylic acids is 1. The van der Waals surface area contributed by atoms with Crippen molar-refractivity contribution in [1.82, 2.24) is 24.6 Å². The van der Waals surface area contributed by atoms with Crippen LogP contribution in [0.15, 0.2) is 55.1 Å². The van der Waals surface area contributed by atoms with Crippen LogP contribution in [0.4, 0.5) is 5.82 Å². The third kappa shape index (κ3) is 5.70. The molecule has 1 aromatic carbocycles. The van der Waals surface area contributed by atoms with Crippen molar-refractivity contribution in [1.29, 1.82) is 0 Å². The maximum atomic E-state index is 13.8. The van der Waals surface area contributed by atoms with Gasteiger partial charge in [0.25, 0.3) is 0 Å². The number of fused-ring (bicyclic) bond motifs is 1. The lowest BCUT2D eigenvalue weighted by atomic mass is 10.1. The van der Waals surface area contributed by atoms with Gasteiger partial charge >= 0.3 is 13.7 Å². The minimum atomic E-state index is -3.94. The maximum Gasteiger partial charge on any atom is 0.459 e. The molecule has 0 saturated carbocycles. The summed E-state index contributed by atoms with van der Waals surface area (Å²) in [6, 6.07) is 7.78. The van der Waals surface area contributed by atoms with Crippen molar-refractivity contribution in [3.63, 3.8) is 0 Å². The van der Waals surface area contributed by atoms with Crippen LogP contribution >= 0.6 is 7.75 Å². The van der Waals surface area contributed by atoms with E-state index in [9.17, 15) is 9.36 Å². The highest BCUT2D eigenvalue weighted by molar-refractivity contribution is 7.52. The molecule has 3 N–H and O–H groups in total. The lowest BCUT2D eigenvalue weighted by molar-refractivity contribution is -0.143. The van der Waals surface area contributed by atoms with E-state index in [4.69, 9.17) is 19.5 Å². The molecule has 1 aliphatic carbocycles. The van der Waals surface area contributed by atoms with Gasteiger partial charge in [0, 0.05) is 5.92 Å². The number of nitrogens with one attached hydrogen (secondary N) is 1. The smallest absolute Gasteiger partial charge is 0.459 e. The van der Waals surface area contributed by atoms with E-state index in [1.807, 2.05) is 36.6 Å². The first kappa shape index (κ1) is 24.8. The molecule has 2 heterocycles. The summed E-state index contributed by atoms with van der Waals surface area (Å²) in [6.45, 7) is 3.74. The van der Waals surface area contributed by atoms with E-state index in [1.165, 1.54) is 13.4 Å². The van der Waals surface area contributed by atoms with E-state index in [-0.39, 0.29) is 24.5 Å². The number of allylic oxidation sites excluding steroid dienone is 1. The number of nitrogen functional groups attached to an aromatic ring is 1. The quantitative estimate of drug-likeness (QED) is 0.241. The second-order valence-electron chi connectivity index (χ2n) is 8.60. The third-order valence-corrected chi connectivity index (χ3v) is 7.27. The Kier molecular flexibility index (Phi) is 7.49. The molecule has 0 bridgehead atoms. The molecule has 4 rings (SSSR count). The fourth-order valence-corrected chi connectivity index (χ4v) is 5.58. The fraction of sp³-hybridized carbons (Fsp3) is 0.391. The van der Waals surface area contributed by atoms with Gasteiger partial charge in [-0.15, -0.1) is 0 Å². The molecule has 1 unspecified atom stereocenters. The zero-order valence-electron chi connectivity index (χ0n) is 19.8. The van der Waals surface area contributed by atoms with Gasteiger partial charge in [-0.1, -0.05) is 44.2 Å². The summed E-state index contributed by atoms with van der Waals surface area (Å²) in [5.74, 6) is -0.126. The van der Waals surface area contributed by atoms with Gasteiger partial charge in [-0.25, -0.2) is 19.5 Å². The molecule has 12 heteroatoms. The van der Waals surface area contributed by atoms with E-state index >= 15 is 0 Å². The Bertz CT molecular complexity index is 1250. The van der Waals surface area contributed by atoms with Crippen LogP contribution in [0.2, 0.25) is 0 Å². The molecule has 1 aliphatic rings. The predicted octanol–water partition coefficient (Wildman–Crippen LogP) is 3.52. The summed E-state index contributed by atoms with van der Waals surface area (Å²) in [7, 11) is -2.65. The number of nitrogens with two attached hydrogens (primary N) is 1. The van der Waals surface area contributed by atoms with Gasteiger partial charge in [0.1, 0.15) is 23.6 Å². The lowest BCUT2D eigenvalue weighted by Gasteiger charge is -2.27. The number of para-hydroxylation sites is 1. The number of hydrogen-bond donors (Lipinski definition) is 2. The average molecular weight is 500 g/mol. The third-order valence-electron chi connectivity index (χ3n) is 5.74. The molecule has 186 valence electrons. The summed E-state index contributed by atoms with van der Waals surface area (Å²) < 4.78 is 32.2. The van der Waals surface area contributed by atoms with Gasteiger partial charge in [0.15, 0.2) is 11.5 Å². The Labute approximate surface area is 203 Å². The molecule has 11 nitrogen and oxygen atoms in total. The Hall–Kier alpha value is -3.27. The van der Waals surface area contributed by atoms with Crippen LogP contribution in [0.25, 0.3) is 11.2 Å². The van der Waals surface area contributed by atoms with Crippen molar-refractivity contribution in [2.24, 2.45) is 11.8 Å². The number of rotatable bonds is 10. The number of nitrogens with zero attached hydrogens (tertiary/aromatic N) is 4. The Morgan fingerprint density at radius 3 is 2.71 bits per heavy atom. The molecule has 35 heavy (non-hydrogen) atoms. The van der Waals surface area contributed by atoms with Gasteiger partial charge < -0.3 is 19.6 Å². The van der Waals surface area contributed by atoms with Crippen molar-refractivity contribution in [3.8, 4) is 5.75 Å². The highest BCUT2D eigenvalue weighted by Gasteiger charge is 2.37. The second kappa shape index (κ2) is 10.6. The van der Waals surface area contributed by atoms with Crippen LogP contribution in [0.1, 0.15) is 26.3 Å². The fourth-order valence-electron chi connectivity index (χ4n) is 3.87. The molecule has 3 aromatic rings. The van der Waals surface area contributed by atoms with Crippen LogP contribution in [-0.4, -0.2) is 45.2 Å². The number of anilines is 1. The molecular formula is C23H29N6O5P. The molecule has 0 spiro atoms. The molecule has 0 saturated heterocycles. The first-order valence-corrected chi connectivity index (χ1v) is 12.8. The number of benzene rings is 1. The summed E-state index contributed by atoms with van der Waals surface area (Å²) >= 11 is 0. The molecule has 0 fully saturated rings. The van der Waals surface area contributed by atoms with Gasteiger partial charge in [-0.3, -0.25) is 9.32 Å². The number of esters is 1. The Morgan fingerprint density at radius 2 is 2.00 bits per heavy atom. The monoisotopic (exact) mass is 500 g/mol. The highest BCUT2D eigenvalue weighted by Crippen LogP contribution is 2.46. The molecule has 0 aliphatic heterocycles. The predicted molar refractivity (Wildman–Crippen MR) is 130 cm³/mol. The average Bonchev–Trinajstić information content (AvgIpc) is 3.49. The van der Waals surface area contributed by atoms with E-state index in [0.717, 1.165) is 0 Å². The van der Waals surface area contributed by atoms with Gasteiger partial charge in [-0.05, 0) is 24.5 Å². The van der Waals surface area contributed by atoms with Crippen molar-refractivity contribution in [2.75, 3.05) is 19.5 Å². The summed E-state index contributed by atoms with van der Waals surface area (Å²) in [5.41, 5.74) is 7.09. The van der Waals surface area contributed by atoms with E-state index in [2.05, 4.69) is 20.0 Å². The van der Waals surface area contributed by atoms with Crippen LogP contribution in [0.3, 0.4) is 0 Å². The summed E-state index contributed by atoms with van der Waals surface area (Å²) in [4.78, 5) is 24.9. The molecule has 0 amide bonds. The van der Waals surface area contributed by atoms with Crippen molar-refractivity contribution >= 4 is 30.7 Å². The number of methoxy groups -OCH3 is 1. The van der Waals surface area contributed by atoms with Crippen LogP contribution < -0.4 is 15.3 Å². The summed E-state index contributed by atoms with van der Waals surface area (Å²) in [6.07, 6.45) is 7.78. The molecule has 2 aromatic heterocycles. The summed E-state index contributed by atoms with van der Waals surface area (Å²) in [5, 5.41) is 2.79. The number of carbonyl (C=O) groups is 1. The second-order valence-corrected chi connectivity index (χ2v) is 10.3. The number of hydrogen-bond acceptors (Lipinski definition) is 9. The zero-order chi connectivity index (χ0) is 25.0. The Morgan fingerprint density at radius 1 is 1.23 bits per heavy atom. The lowest BCUT2D eigenvalue weighted by Crippen LogP contribution is -2.41. The topological polar surface area (TPSA) is 143 Å².